The molecule has 0 aliphatic carbocycles. The summed E-state index contributed by atoms with van der Waals surface area (Å²) >= 11 is 0. The van der Waals surface area contributed by atoms with Crippen LogP contribution in [0.1, 0.15) is 5.56 Å². The summed E-state index contributed by atoms with van der Waals surface area (Å²) in [5, 5.41) is 20.4. The third-order valence-corrected chi connectivity index (χ3v) is 5.79. The van der Waals surface area contributed by atoms with E-state index in [9.17, 15) is 31.1 Å². The van der Waals surface area contributed by atoms with Crippen molar-refractivity contribution in [3.05, 3.63) is 60.0 Å². The van der Waals surface area contributed by atoms with Gasteiger partial charge in [0.15, 0.2) is 0 Å². The van der Waals surface area contributed by atoms with Crippen LogP contribution in [0, 0.1) is 11.7 Å². The molecule has 0 saturated heterocycles. The van der Waals surface area contributed by atoms with Gasteiger partial charge in [-0.3, -0.25) is 4.79 Å². The summed E-state index contributed by atoms with van der Waals surface area (Å²) in [5.74, 6) is -6.07. The molecule has 1 aromatic heterocycles. The van der Waals surface area contributed by atoms with Crippen LogP contribution in [0.3, 0.4) is 0 Å². The van der Waals surface area contributed by atoms with Gasteiger partial charge in [0.1, 0.15) is 42.5 Å². The topological polar surface area (TPSA) is 183 Å². The number of nitrogens with one attached hydrogen (secondary N) is 1. The number of anilines is 2. The molecule has 0 fully saturated rings. The second-order valence-electron chi connectivity index (χ2n) is 9.66. The Kier molecular flexibility index (Phi) is 13.2. The first-order valence-corrected chi connectivity index (χ1v) is 13.1. The Morgan fingerprint density at radius 1 is 1.04 bits per heavy atom. The monoisotopic (exact) mass is 677 g/mol. The maximum Gasteiger partial charge on any atom is 0.430 e. The highest BCUT2D eigenvalue weighted by atomic mass is 19.4. The van der Waals surface area contributed by atoms with Crippen molar-refractivity contribution < 1.29 is 64.8 Å². The molecular formula is C28H26F7N5O7-2. The summed E-state index contributed by atoms with van der Waals surface area (Å²) in [5.41, 5.74) is 7.41. The van der Waals surface area contributed by atoms with Gasteiger partial charge < -0.3 is 45.2 Å². The molecule has 1 aliphatic heterocycles. The largest absolute Gasteiger partial charge is 0.542 e. The lowest BCUT2D eigenvalue weighted by Crippen LogP contribution is -2.37. The molecule has 0 saturated carbocycles. The van der Waals surface area contributed by atoms with Gasteiger partial charge in [0.05, 0.1) is 17.3 Å². The van der Waals surface area contributed by atoms with Crippen LogP contribution < -0.4 is 30.7 Å². The molecule has 19 heteroatoms. The Labute approximate surface area is 261 Å². The number of halogens is 7. The number of nitrogens with zero attached hydrogens (tertiary/aromatic N) is 3. The van der Waals surface area contributed by atoms with Crippen LogP contribution in [0.25, 0.3) is 11.3 Å². The molecule has 4 rings (SSSR count). The number of carbonyl (C=O) groups excluding carboxylic acids is 3. The number of ether oxygens (including phenoxy) is 2. The summed E-state index contributed by atoms with van der Waals surface area (Å²) in [4.78, 5) is 40.5. The third kappa shape index (κ3) is 12.3. The number of carboxylic acid groups (broad SMARTS) is 2. The maximum atomic E-state index is 15.0. The van der Waals surface area contributed by atoms with E-state index < -0.39 is 36.0 Å². The van der Waals surface area contributed by atoms with Crippen LogP contribution in [0.5, 0.6) is 11.5 Å². The summed E-state index contributed by atoms with van der Waals surface area (Å²) < 4.78 is 89.8. The number of carbonyl (C=O) groups is 3. The minimum atomic E-state index is -5.19. The van der Waals surface area contributed by atoms with Crippen LogP contribution in [0.4, 0.5) is 42.4 Å². The molecule has 2 aromatic carbocycles. The van der Waals surface area contributed by atoms with Gasteiger partial charge in [0.25, 0.3) is 0 Å². The number of hydrogen-bond acceptors (Lipinski definition) is 11. The van der Waals surface area contributed by atoms with Crippen molar-refractivity contribution in [3.63, 3.8) is 0 Å². The first kappa shape index (κ1) is 38.0. The van der Waals surface area contributed by atoms with Crippen molar-refractivity contribution in [1.82, 2.24) is 14.9 Å². The summed E-state index contributed by atoms with van der Waals surface area (Å²) in [7, 11) is 3.85. The Morgan fingerprint density at radius 3 is 2.19 bits per heavy atom. The van der Waals surface area contributed by atoms with E-state index >= 15 is 4.39 Å². The number of hydrogen-bond donors (Lipinski definition) is 2. The predicted molar refractivity (Wildman–Crippen MR) is 146 cm³/mol. The Bertz CT molecular complexity index is 1530. The lowest BCUT2D eigenvalue weighted by atomic mass is 9.96. The van der Waals surface area contributed by atoms with E-state index in [0.29, 0.717) is 31.0 Å². The number of aromatic nitrogens is 2. The molecule has 0 spiro atoms. The van der Waals surface area contributed by atoms with E-state index in [1.807, 2.05) is 43.3 Å². The van der Waals surface area contributed by atoms with Crippen molar-refractivity contribution >= 4 is 29.5 Å². The quantitative estimate of drug-likeness (QED) is 0.347. The van der Waals surface area contributed by atoms with Crippen LogP contribution in [-0.2, 0) is 20.8 Å². The third-order valence-electron chi connectivity index (χ3n) is 5.79. The number of nitrogen functional groups attached to an aromatic ring is 1. The van der Waals surface area contributed by atoms with Crippen molar-refractivity contribution in [3.8, 4) is 22.8 Å². The molecule has 1 atom stereocenters. The number of alkyl halides is 6. The number of rotatable bonds is 7. The number of fused-ring (bicyclic) bond motifs is 1. The molecule has 47 heavy (non-hydrogen) atoms. The molecule has 0 bridgehead atoms. The van der Waals surface area contributed by atoms with Gasteiger partial charge in [0, 0.05) is 24.4 Å². The van der Waals surface area contributed by atoms with Crippen molar-refractivity contribution in [1.29, 1.82) is 0 Å². The van der Waals surface area contributed by atoms with Gasteiger partial charge >= 0.3 is 12.4 Å². The van der Waals surface area contributed by atoms with E-state index in [2.05, 4.69) is 15.3 Å². The smallest absolute Gasteiger partial charge is 0.430 e. The van der Waals surface area contributed by atoms with Crippen molar-refractivity contribution in [2.24, 2.45) is 5.92 Å². The molecule has 1 aliphatic rings. The van der Waals surface area contributed by atoms with Crippen LogP contribution in [-0.4, -0.2) is 78.9 Å². The Balaban J connectivity index is 0.000000459. The maximum absolute atomic E-state index is 15.0. The van der Waals surface area contributed by atoms with Crippen LogP contribution >= 0.6 is 0 Å². The van der Waals surface area contributed by atoms with E-state index in [4.69, 9.17) is 35.0 Å². The number of para-hydroxylation sites is 1. The van der Waals surface area contributed by atoms with Gasteiger partial charge in [0.2, 0.25) is 11.9 Å². The zero-order chi connectivity index (χ0) is 35.5. The molecule has 1 amide bonds. The first-order valence-electron chi connectivity index (χ1n) is 13.1. The highest BCUT2D eigenvalue weighted by molar-refractivity contribution is 5.95. The molecular weight excluding hydrogens is 651 g/mol. The number of aliphatic carboxylic acids is 2. The summed E-state index contributed by atoms with van der Waals surface area (Å²) in [6, 6.07) is 12.0. The van der Waals surface area contributed by atoms with E-state index in [0.717, 1.165) is 11.3 Å². The average molecular weight is 678 g/mol. The SMILES string of the molecule is CN(C)CCOc1cc(-c2ccnc(N)n2)c(F)cc1NC(=O)C1COc2ccccc2C1.O=C([O-])C(F)(F)F.O=C([O-])C(F)(F)F. The summed E-state index contributed by atoms with van der Waals surface area (Å²) in [6.07, 6.45) is -8.39. The number of likely N-dealkylation sites (N-methyl/N-ethyl adjacent to an activating group) is 1. The fourth-order valence-electron chi connectivity index (χ4n) is 3.56. The fraction of sp³-hybridized carbons (Fsp3) is 0.321. The number of nitrogens with two attached hydrogens (primary N) is 1. The predicted octanol–water partition coefficient (Wildman–Crippen LogP) is 1.59. The molecule has 12 nitrogen and oxygen atoms in total. The van der Waals surface area contributed by atoms with Crippen LogP contribution in [0.15, 0.2) is 48.7 Å². The van der Waals surface area contributed by atoms with E-state index in [-0.39, 0.29) is 29.7 Å². The first-order chi connectivity index (χ1) is 21.8. The molecule has 256 valence electrons. The van der Waals surface area contributed by atoms with Gasteiger partial charge in [-0.1, -0.05) is 18.2 Å². The minimum absolute atomic E-state index is 0.0388. The normalized spacial score (nSPS) is 13.9. The highest BCUT2D eigenvalue weighted by Gasteiger charge is 2.30. The fourth-order valence-corrected chi connectivity index (χ4v) is 3.56. The highest BCUT2D eigenvalue weighted by Crippen LogP contribution is 2.34. The zero-order valence-electron chi connectivity index (χ0n) is 24.4. The molecule has 0 radical (unpaired) electrons. The summed E-state index contributed by atoms with van der Waals surface area (Å²) in [6.45, 7) is 1.25. The van der Waals surface area contributed by atoms with Crippen molar-refractivity contribution in [2.45, 2.75) is 18.8 Å². The number of carboxylic acids is 2. The second kappa shape index (κ2) is 16.4. The number of amides is 1. The molecule has 3 aromatic rings. The van der Waals surface area contributed by atoms with E-state index in [1.165, 1.54) is 18.3 Å². The van der Waals surface area contributed by atoms with Gasteiger partial charge in [-0.15, -0.1) is 0 Å². The average Bonchev–Trinajstić information content (AvgIpc) is 2.97. The Hall–Kier alpha value is -5.20. The van der Waals surface area contributed by atoms with Gasteiger partial charge in [-0.25, -0.2) is 14.4 Å². The molecule has 3 N–H and O–H groups in total. The lowest BCUT2D eigenvalue weighted by molar-refractivity contribution is -0.344. The second-order valence-corrected chi connectivity index (χ2v) is 9.66. The van der Waals surface area contributed by atoms with Crippen LogP contribution in [0.2, 0.25) is 0 Å². The van der Waals surface area contributed by atoms with E-state index in [1.54, 1.807) is 6.07 Å². The number of benzene rings is 2. The zero-order valence-corrected chi connectivity index (χ0v) is 24.4. The molecule has 1 unspecified atom stereocenters. The molecule has 2 heterocycles. The van der Waals surface area contributed by atoms with Crippen molar-refractivity contribution in [2.75, 3.05) is 44.9 Å². The van der Waals surface area contributed by atoms with Gasteiger partial charge in [-0.2, -0.15) is 26.3 Å². The minimum Gasteiger partial charge on any atom is -0.542 e. The van der Waals surface area contributed by atoms with Gasteiger partial charge in [-0.05, 0) is 44.3 Å². The Morgan fingerprint density at radius 2 is 1.64 bits per heavy atom. The standard InChI is InChI=1S/C24H26FN5O3.2C2HF3O2/c1-30(2)9-10-32-22-12-17(19-7-8-27-24(26)29-19)18(25)13-20(22)28-23(31)16-11-15-5-3-4-6-21(15)33-14-16;2*3-2(4,5)1(6)7/h3-8,12-13,16H,9-11,14H2,1-2H3,(H,28,31)(H2,26,27,29);2*(H,6,7)/p-2. The lowest BCUT2D eigenvalue weighted by Gasteiger charge is -2.25.